The van der Waals surface area contributed by atoms with Gasteiger partial charge >= 0.3 is 5.97 Å². The van der Waals surface area contributed by atoms with Crippen LogP contribution in [-0.2, 0) is 14.4 Å². The van der Waals surface area contributed by atoms with Crippen molar-refractivity contribution in [1.82, 2.24) is 4.90 Å². The number of aliphatic hydroxyl groups is 1. The fraction of sp³-hybridized carbons (Fsp3) is 0.190. The van der Waals surface area contributed by atoms with Gasteiger partial charge in [-0.25, -0.2) is 0 Å². The number of amides is 1. The van der Waals surface area contributed by atoms with Gasteiger partial charge in [0.15, 0.2) is 0 Å². The van der Waals surface area contributed by atoms with E-state index in [1.54, 1.807) is 30.3 Å². The molecule has 1 aliphatic rings. The molecule has 1 unspecified atom stereocenters. The molecule has 3 N–H and O–H groups in total. The molecule has 1 fully saturated rings. The summed E-state index contributed by atoms with van der Waals surface area (Å²) >= 11 is 0. The first-order valence-corrected chi connectivity index (χ1v) is 8.77. The number of ether oxygens (including phenoxy) is 1. The highest BCUT2D eigenvalue weighted by Gasteiger charge is 2.46. The van der Waals surface area contributed by atoms with Gasteiger partial charge in [-0.15, -0.1) is 0 Å². The number of rotatable bonds is 6. The predicted octanol–water partition coefficient (Wildman–Crippen LogP) is 2.30. The second-order valence-corrected chi connectivity index (χ2v) is 6.46. The van der Waals surface area contributed by atoms with Crippen LogP contribution in [0.1, 0.15) is 23.6 Å². The number of phenols is 1. The summed E-state index contributed by atoms with van der Waals surface area (Å²) < 4.78 is 5.08. The highest BCUT2D eigenvalue weighted by molar-refractivity contribution is 6.46. The third kappa shape index (κ3) is 3.91. The molecular weight excluding hydrogens is 378 g/mol. The monoisotopic (exact) mass is 397 g/mol. The smallest absolute Gasteiger partial charge is 0.305 e. The number of carboxylic acid groups (broad SMARTS) is 1. The lowest BCUT2D eigenvalue weighted by Crippen LogP contribution is -2.31. The summed E-state index contributed by atoms with van der Waals surface area (Å²) in [6.45, 7) is -0.223. The number of likely N-dealkylation sites (tertiary alicyclic amines) is 1. The van der Waals surface area contributed by atoms with Gasteiger partial charge in [-0.05, 0) is 42.0 Å². The Morgan fingerprint density at radius 3 is 2.38 bits per heavy atom. The van der Waals surface area contributed by atoms with E-state index in [4.69, 9.17) is 9.84 Å². The SMILES string of the molecule is COc1ccc(C(O)=C2C(=O)C(=O)N(CCC(=O)O)C2c2cccc(O)c2)cc1. The summed E-state index contributed by atoms with van der Waals surface area (Å²) in [6.07, 6.45) is -0.370. The topological polar surface area (TPSA) is 124 Å². The number of hydrogen-bond donors (Lipinski definition) is 3. The molecule has 1 atom stereocenters. The summed E-state index contributed by atoms with van der Waals surface area (Å²) in [4.78, 5) is 37.4. The van der Waals surface area contributed by atoms with E-state index in [1.165, 1.54) is 25.3 Å². The van der Waals surface area contributed by atoms with Crippen molar-refractivity contribution >= 4 is 23.4 Å². The Bertz CT molecular complexity index is 994. The molecule has 8 heteroatoms. The van der Waals surface area contributed by atoms with Crippen molar-refractivity contribution in [2.24, 2.45) is 0 Å². The first-order valence-electron chi connectivity index (χ1n) is 8.77. The van der Waals surface area contributed by atoms with Crippen molar-refractivity contribution in [2.45, 2.75) is 12.5 Å². The van der Waals surface area contributed by atoms with E-state index in [0.717, 1.165) is 4.90 Å². The molecule has 0 radical (unpaired) electrons. The number of phenolic OH excluding ortho intramolecular Hbond substituents is 1. The Labute approximate surface area is 166 Å². The summed E-state index contributed by atoms with van der Waals surface area (Å²) in [5.41, 5.74) is 0.507. The number of Topliss-reactive ketones (excluding diaryl/α,β-unsaturated/α-hetero) is 1. The van der Waals surface area contributed by atoms with Crippen molar-refractivity contribution in [3.05, 3.63) is 65.2 Å². The average molecular weight is 397 g/mol. The molecule has 1 amide bonds. The van der Waals surface area contributed by atoms with E-state index in [2.05, 4.69) is 0 Å². The number of carbonyl (C=O) groups excluding carboxylic acids is 2. The molecule has 0 aliphatic carbocycles. The summed E-state index contributed by atoms with van der Waals surface area (Å²) in [5.74, 6) is -2.88. The third-order valence-electron chi connectivity index (χ3n) is 4.66. The number of carbonyl (C=O) groups is 3. The van der Waals surface area contributed by atoms with Crippen molar-refractivity contribution in [3.8, 4) is 11.5 Å². The van der Waals surface area contributed by atoms with Gasteiger partial charge in [-0.2, -0.15) is 0 Å². The number of aromatic hydroxyl groups is 1. The molecule has 0 saturated carbocycles. The molecule has 29 heavy (non-hydrogen) atoms. The van der Waals surface area contributed by atoms with Crippen LogP contribution in [0.2, 0.25) is 0 Å². The van der Waals surface area contributed by atoms with E-state index in [-0.39, 0.29) is 24.3 Å². The number of aliphatic carboxylic acids is 1. The van der Waals surface area contributed by atoms with Crippen LogP contribution < -0.4 is 4.74 Å². The van der Waals surface area contributed by atoms with E-state index < -0.39 is 29.5 Å². The van der Waals surface area contributed by atoms with Crippen LogP contribution in [0.3, 0.4) is 0 Å². The van der Waals surface area contributed by atoms with Gasteiger partial charge in [-0.1, -0.05) is 12.1 Å². The highest BCUT2D eigenvalue weighted by atomic mass is 16.5. The van der Waals surface area contributed by atoms with Gasteiger partial charge in [-0.3, -0.25) is 14.4 Å². The minimum atomic E-state index is -1.13. The zero-order valence-electron chi connectivity index (χ0n) is 15.5. The minimum Gasteiger partial charge on any atom is -0.508 e. The number of hydrogen-bond acceptors (Lipinski definition) is 6. The first kappa shape index (κ1) is 19.9. The standard InChI is InChI=1S/C21H19NO7/c1-29-15-7-5-12(6-8-15)19(26)17-18(13-3-2-4-14(23)11-13)22(10-9-16(24)25)21(28)20(17)27/h2-8,11,18,23,26H,9-10H2,1H3,(H,24,25). The fourth-order valence-electron chi connectivity index (χ4n) is 3.27. The molecule has 1 heterocycles. The number of methoxy groups -OCH3 is 1. The number of ketones is 1. The van der Waals surface area contributed by atoms with E-state index in [9.17, 15) is 24.6 Å². The van der Waals surface area contributed by atoms with Crippen LogP contribution >= 0.6 is 0 Å². The predicted molar refractivity (Wildman–Crippen MR) is 102 cm³/mol. The van der Waals surface area contributed by atoms with E-state index in [1.807, 2.05) is 0 Å². The highest BCUT2D eigenvalue weighted by Crippen LogP contribution is 2.40. The lowest BCUT2D eigenvalue weighted by molar-refractivity contribution is -0.142. The number of benzene rings is 2. The second-order valence-electron chi connectivity index (χ2n) is 6.46. The summed E-state index contributed by atoms with van der Waals surface area (Å²) in [7, 11) is 1.49. The van der Waals surface area contributed by atoms with Gasteiger partial charge in [0.1, 0.15) is 17.3 Å². The van der Waals surface area contributed by atoms with Crippen LogP contribution in [-0.4, -0.2) is 51.5 Å². The Morgan fingerprint density at radius 2 is 1.79 bits per heavy atom. The minimum absolute atomic E-state index is 0.0873. The maximum atomic E-state index is 12.7. The van der Waals surface area contributed by atoms with Gasteiger partial charge in [0.2, 0.25) is 0 Å². The normalized spacial score (nSPS) is 18.1. The van der Waals surface area contributed by atoms with Crippen LogP contribution in [0, 0.1) is 0 Å². The maximum Gasteiger partial charge on any atom is 0.305 e. The fourth-order valence-corrected chi connectivity index (χ4v) is 3.27. The maximum absolute atomic E-state index is 12.7. The van der Waals surface area contributed by atoms with Crippen molar-refractivity contribution in [2.75, 3.05) is 13.7 Å². The third-order valence-corrected chi connectivity index (χ3v) is 4.66. The molecule has 8 nitrogen and oxygen atoms in total. The summed E-state index contributed by atoms with van der Waals surface area (Å²) in [5, 5.41) is 29.7. The van der Waals surface area contributed by atoms with Crippen LogP contribution in [0.15, 0.2) is 54.1 Å². The summed E-state index contributed by atoms with van der Waals surface area (Å²) in [6, 6.07) is 11.2. The average Bonchev–Trinajstić information content (AvgIpc) is 2.96. The van der Waals surface area contributed by atoms with Gasteiger partial charge < -0.3 is 25.0 Å². The molecule has 0 bridgehead atoms. The molecule has 150 valence electrons. The zero-order valence-corrected chi connectivity index (χ0v) is 15.5. The Hall–Kier alpha value is -3.81. The van der Waals surface area contributed by atoms with Crippen molar-refractivity contribution in [3.63, 3.8) is 0 Å². The largest absolute Gasteiger partial charge is 0.508 e. The lowest BCUT2D eigenvalue weighted by Gasteiger charge is -2.24. The Kier molecular flexibility index (Phi) is 5.54. The van der Waals surface area contributed by atoms with Crippen LogP contribution in [0.4, 0.5) is 0 Å². The van der Waals surface area contributed by atoms with Crippen molar-refractivity contribution < 1.29 is 34.4 Å². The molecule has 1 saturated heterocycles. The van der Waals surface area contributed by atoms with Crippen molar-refractivity contribution in [1.29, 1.82) is 0 Å². The Morgan fingerprint density at radius 1 is 1.10 bits per heavy atom. The molecule has 0 spiro atoms. The molecule has 3 rings (SSSR count). The molecular formula is C21H19NO7. The van der Waals surface area contributed by atoms with E-state index in [0.29, 0.717) is 16.9 Å². The molecule has 0 aromatic heterocycles. The van der Waals surface area contributed by atoms with Crippen LogP contribution in [0.5, 0.6) is 11.5 Å². The number of nitrogens with zero attached hydrogens (tertiary/aromatic N) is 1. The first-order chi connectivity index (χ1) is 13.8. The van der Waals surface area contributed by atoms with Gasteiger partial charge in [0.25, 0.3) is 11.7 Å². The second kappa shape index (κ2) is 8.05. The number of aliphatic hydroxyl groups excluding tert-OH is 1. The Balaban J connectivity index is 2.14. The van der Waals surface area contributed by atoms with Gasteiger partial charge in [0, 0.05) is 12.1 Å². The van der Waals surface area contributed by atoms with Crippen LogP contribution in [0.25, 0.3) is 5.76 Å². The van der Waals surface area contributed by atoms with Gasteiger partial charge in [0.05, 0.1) is 25.1 Å². The number of carboxylic acids is 1. The molecule has 2 aromatic rings. The zero-order chi connectivity index (χ0) is 21.1. The molecule has 2 aromatic carbocycles. The lowest BCUT2D eigenvalue weighted by atomic mass is 9.95. The van der Waals surface area contributed by atoms with E-state index >= 15 is 0 Å². The molecule has 1 aliphatic heterocycles. The quantitative estimate of drug-likeness (QED) is 0.388.